The highest BCUT2D eigenvalue weighted by Crippen LogP contribution is 2.29. The van der Waals surface area contributed by atoms with Crippen LogP contribution in [0.4, 0.5) is 5.82 Å². The van der Waals surface area contributed by atoms with Gasteiger partial charge in [-0.15, -0.1) is 0 Å². The first-order valence-corrected chi connectivity index (χ1v) is 6.83. The van der Waals surface area contributed by atoms with E-state index in [1.807, 2.05) is 0 Å². The number of amides is 1. The maximum atomic E-state index is 12.2. The summed E-state index contributed by atoms with van der Waals surface area (Å²) in [6.07, 6.45) is 4.87. The molecule has 5 heteroatoms. The summed E-state index contributed by atoms with van der Waals surface area (Å²) < 4.78 is 0. The smallest absolute Gasteiger partial charge is 0.251 e. The fourth-order valence-electron chi connectivity index (χ4n) is 2.60. The lowest BCUT2D eigenvalue weighted by atomic mass is 9.79. The third-order valence-corrected chi connectivity index (χ3v) is 4.10. The number of aromatic nitrogens is 1. The van der Waals surface area contributed by atoms with Gasteiger partial charge in [-0.2, -0.15) is 0 Å². The normalized spacial score (nSPS) is 26.8. The topological polar surface area (TPSA) is 80.0 Å². The van der Waals surface area contributed by atoms with E-state index in [0.717, 1.165) is 18.8 Å². The van der Waals surface area contributed by atoms with Crippen molar-refractivity contribution >= 4 is 11.7 Å². The second-order valence-corrected chi connectivity index (χ2v) is 5.51. The van der Waals surface area contributed by atoms with E-state index in [1.165, 1.54) is 6.42 Å². The molecule has 5 nitrogen and oxygen atoms in total. The maximum absolute atomic E-state index is 12.2. The summed E-state index contributed by atoms with van der Waals surface area (Å²) in [6.45, 7) is 4.54. The van der Waals surface area contributed by atoms with Gasteiger partial charge in [0.25, 0.3) is 5.91 Å². The highest BCUT2D eigenvalue weighted by atomic mass is 16.1. The number of hydrogen-bond acceptors (Lipinski definition) is 4. The maximum Gasteiger partial charge on any atom is 0.251 e. The summed E-state index contributed by atoms with van der Waals surface area (Å²) in [7, 11) is 0. The zero-order valence-electron chi connectivity index (χ0n) is 11.5. The van der Waals surface area contributed by atoms with E-state index in [4.69, 9.17) is 5.84 Å². The molecule has 0 radical (unpaired) electrons. The Bertz CT molecular complexity index is 449. The van der Waals surface area contributed by atoms with Crippen LogP contribution in [-0.2, 0) is 0 Å². The van der Waals surface area contributed by atoms with Crippen LogP contribution in [0.25, 0.3) is 0 Å². The second kappa shape index (κ2) is 6.02. The Balaban J connectivity index is 1.97. The first-order chi connectivity index (χ1) is 9.10. The van der Waals surface area contributed by atoms with Gasteiger partial charge in [-0.3, -0.25) is 4.79 Å². The largest absolute Gasteiger partial charge is 0.349 e. The van der Waals surface area contributed by atoms with Crippen LogP contribution in [0.2, 0.25) is 0 Å². The van der Waals surface area contributed by atoms with Gasteiger partial charge in [-0.05, 0) is 43.2 Å². The van der Waals surface area contributed by atoms with Crippen molar-refractivity contribution in [2.45, 2.75) is 39.2 Å². The van der Waals surface area contributed by atoms with Crippen molar-refractivity contribution in [3.05, 3.63) is 23.9 Å². The van der Waals surface area contributed by atoms with Gasteiger partial charge >= 0.3 is 0 Å². The van der Waals surface area contributed by atoms with Gasteiger partial charge in [-0.25, -0.2) is 10.8 Å². The fourth-order valence-corrected chi connectivity index (χ4v) is 2.60. The zero-order chi connectivity index (χ0) is 13.8. The molecule has 1 amide bonds. The molecule has 1 fully saturated rings. The van der Waals surface area contributed by atoms with Crippen molar-refractivity contribution in [2.75, 3.05) is 5.43 Å². The van der Waals surface area contributed by atoms with E-state index in [-0.39, 0.29) is 11.9 Å². The molecular formula is C14H22N4O. The molecule has 1 heterocycles. The summed E-state index contributed by atoms with van der Waals surface area (Å²) in [5.74, 6) is 7.16. The molecule has 1 aromatic heterocycles. The number of nitrogen functional groups attached to an aromatic ring is 1. The Morgan fingerprint density at radius 1 is 1.37 bits per heavy atom. The monoisotopic (exact) mass is 262 g/mol. The number of anilines is 1. The first kappa shape index (κ1) is 13.8. The molecule has 1 aliphatic rings. The van der Waals surface area contributed by atoms with Gasteiger partial charge in [0.1, 0.15) is 5.82 Å². The molecule has 1 aliphatic carbocycles. The molecule has 3 atom stereocenters. The minimum Gasteiger partial charge on any atom is -0.349 e. The van der Waals surface area contributed by atoms with Crippen LogP contribution in [0.1, 0.15) is 43.5 Å². The number of hydrogen-bond donors (Lipinski definition) is 3. The number of carbonyl (C=O) groups excluding carboxylic acids is 1. The average molecular weight is 262 g/mol. The van der Waals surface area contributed by atoms with Crippen molar-refractivity contribution < 1.29 is 4.79 Å². The van der Waals surface area contributed by atoms with Crippen LogP contribution in [0.3, 0.4) is 0 Å². The van der Waals surface area contributed by atoms with Crippen molar-refractivity contribution in [3.8, 4) is 0 Å². The average Bonchev–Trinajstić information content (AvgIpc) is 2.43. The summed E-state index contributed by atoms with van der Waals surface area (Å²) >= 11 is 0. The molecule has 3 unspecified atom stereocenters. The Labute approximate surface area is 114 Å². The minimum atomic E-state index is -0.0503. The molecule has 19 heavy (non-hydrogen) atoms. The molecule has 0 aliphatic heterocycles. The van der Waals surface area contributed by atoms with Gasteiger partial charge in [0.2, 0.25) is 0 Å². The van der Waals surface area contributed by atoms with Crippen LogP contribution in [0.15, 0.2) is 18.3 Å². The predicted molar refractivity (Wildman–Crippen MR) is 75.5 cm³/mol. The highest BCUT2D eigenvalue weighted by molar-refractivity contribution is 5.94. The van der Waals surface area contributed by atoms with Crippen molar-refractivity contribution in [1.82, 2.24) is 10.3 Å². The lowest BCUT2D eigenvalue weighted by Gasteiger charge is -2.32. The van der Waals surface area contributed by atoms with Crippen LogP contribution < -0.4 is 16.6 Å². The summed E-state index contributed by atoms with van der Waals surface area (Å²) in [4.78, 5) is 16.2. The summed E-state index contributed by atoms with van der Waals surface area (Å²) in [5.41, 5.74) is 3.04. The van der Waals surface area contributed by atoms with Gasteiger partial charge in [0.05, 0.1) is 0 Å². The quantitative estimate of drug-likeness (QED) is 0.574. The molecule has 0 spiro atoms. The standard InChI is InChI=1S/C14H22N4O/c1-9-3-4-12(7-10(9)2)17-14(19)11-5-6-16-13(8-11)18-15/h5-6,8-10,12H,3-4,7,15H2,1-2H3,(H,16,18)(H,17,19). The molecule has 2 rings (SSSR count). The SMILES string of the molecule is CC1CCC(NC(=O)c2ccnc(NN)c2)CC1C. The summed E-state index contributed by atoms with van der Waals surface area (Å²) in [6, 6.07) is 3.64. The second-order valence-electron chi connectivity index (χ2n) is 5.51. The molecule has 0 saturated heterocycles. The van der Waals surface area contributed by atoms with E-state index >= 15 is 0 Å². The zero-order valence-corrected chi connectivity index (χ0v) is 11.5. The van der Waals surface area contributed by atoms with E-state index in [9.17, 15) is 4.79 Å². The van der Waals surface area contributed by atoms with Crippen LogP contribution >= 0.6 is 0 Å². The molecule has 104 valence electrons. The van der Waals surface area contributed by atoms with E-state index in [2.05, 4.69) is 29.6 Å². The molecule has 1 saturated carbocycles. The van der Waals surface area contributed by atoms with Crippen LogP contribution in [-0.4, -0.2) is 16.9 Å². The highest BCUT2D eigenvalue weighted by Gasteiger charge is 2.25. The Morgan fingerprint density at radius 3 is 2.84 bits per heavy atom. The van der Waals surface area contributed by atoms with Gasteiger partial charge in [-0.1, -0.05) is 13.8 Å². The van der Waals surface area contributed by atoms with Crippen LogP contribution in [0, 0.1) is 11.8 Å². The Kier molecular flexibility index (Phi) is 4.37. The third kappa shape index (κ3) is 3.44. The lowest BCUT2D eigenvalue weighted by molar-refractivity contribution is 0.0910. The molecule has 1 aromatic rings. The number of nitrogens with one attached hydrogen (secondary N) is 2. The van der Waals surface area contributed by atoms with E-state index in [0.29, 0.717) is 17.3 Å². The summed E-state index contributed by atoms with van der Waals surface area (Å²) in [5, 5.41) is 3.10. The van der Waals surface area contributed by atoms with E-state index < -0.39 is 0 Å². The molecular weight excluding hydrogens is 240 g/mol. The van der Waals surface area contributed by atoms with Crippen molar-refractivity contribution in [3.63, 3.8) is 0 Å². The van der Waals surface area contributed by atoms with Crippen LogP contribution in [0.5, 0.6) is 0 Å². The molecule has 4 N–H and O–H groups in total. The predicted octanol–water partition coefficient (Wildman–Crippen LogP) is 1.92. The number of hydrazine groups is 1. The lowest BCUT2D eigenvalue weighted by Crippen LogP contribution is -2.39. The Morgan fingerprint density at radius 2 is 2.16 bits per heavy atom. The fraction of sp³-hybridized carbons (Fsp3) is 0.571. The first-order valence-electron chi connectivity index (χ1n) is 6.83. The van der Waals surface area contributed by atoms with Crippen molar-refractivity contribution in [2.24, 2.45) is 17.7 Å². The third-order valence-electron chi connectivity index (χ3n) is 4.10. The van der Waals surface area contributed by atoms with E-state index in [1.54, 1.807) is 18.3 Å². The minimum absolute atomic E-state index is 0.0503. The number of pyridine rings is 1. The molecule has 0 aromatic carbocycles. The Hall–Kier alpha value is -1.62. The van der Waals surface area contributed by atoms with Crippen molar-refractivity contribution in [1.29, 1.82) is 0 Å². The number of carbonyl (C=O) groups is 1. The number of nitrogens with zero attached hydrogens (tertiary/aromatic N) is 1. The van der Waals surface area contributed by atoms with Gasteiger partial charge in [0, 0.05) is 17.8 Å². The number of rotatable bonds is 3. The molecule has 0 bridgehead atoms. The van der Waals surface area contributed by atoms with Gasteiger partial charge in [0.15, 0.2) is 0 Å². The van der Waals surface area contributed by atoms with Gasteiger partial charge < -0.3 is 10.7 Å². The number of nitrogens with two attached hydrogens (primary N) is 1.